The average molecular weight is 308 g/mol. The summed E-state index contributed by atoms with van der Waals surface area (Å²) in [4.78, 5) is 12.1. The molecule has 1 atom stereocenters. The molecule has 2 rings (SSSR count). The molecular formula is C15H18ClN3O2. The molecule has 1 heterocycles. The fraction of sp³-hybridized carbons (Fsp3) is 0.333. The van der Waals surface area contributed by atoms with Gasteiger partial charge >= 0.3 is 0 Å². The van der Waals surface area contributed by atoms with Crippen LogP contribution in [0.5, 0.6) is 0 Å². The molecule has 0 aliphatic carbocycles. The number of hydrogen-bond acceptors (Lipinski definition) is 3. The van der Waals surface area contributed by atoms with Crippen molar-refractivity contribution in [3.05, 3.63) is 46.7 Å². The summed E-state index contributed by atoms with van der Waals surface area (Å²) in [6.07, 6.45) is 0.659. The molecule has 112 valence electrons. The second-order valence-corrected chi connectivity index (χ2v) is 5.20. The van der Waals surface area contributed by atoms with Crippen LogP contribution in [0.4, 0.5) is 0 Å². The number of rotatable bonds is 5. The molecule has 2 N–H and O–H groups in total. The van der Waals surface area contributed by atoms with Crippen LogP contribution in [0.1, 0.15) is 29.5 Å². The molecule has 0 fully saturated rings. The van der Waals surface area contributed by atoms with Gasteiger partial charge < -0.3 is 10.4 Å². The van der Waals surface area contributed by atoms with Crippen LogP contribution in [0.2, 0.25) is 5.02 Å². The van der Waals surface area contributed by atoms with Crippen molar-refractivity contribution in [2.24, 2.45) is 0 Å². The van der Waals surface area contributed by atoms with Gasteiger partial charge in [0.15, 0.2) is 5.69 Å². The maximum Gasteiger partial charge on any atom is 0.272 e. The molecule has 2 aromatic rings. The van der Waals surface area contributed by atoms with Gasteiger partial charge in [0, 0.05) is 5.69 Å². The number of aliphatic hydroxyl groups is 1. The Hall–Kier alpha value is -1.85. The lowest BCUT2D eigenvalue weighted by Crippen LogP contribution is -2.37. The van der Waals surface area contributed by atoms with E-state index in [-0.39, 0.29) is 18.6 Å². The van der Waals surface area contributed by atoms with Crippen LogP contribution >= 0.6 is 11.6 Å². The van der Waals surface area contributed by atoms with Crippen LogP contribution in [0, 0.1) is 6.92 Å². The first-order chi connectivity index (χ1) is 10.1. The van der Waals surface area contributed by atoms with Gasteiger partial charge in [-0.1, -0.05) is 30.7 Å². The third kappa shape index (κ3) is 3.43. The third-order valence-electron chi connectivity index (χ3n) is 3.25. The van der Waals surface area contributed by atoms with Crippen LogP contribution in [0.3, 0.4) is 0 Å². The molecule has 0 spiro atoms. The number of nitrogens with one attached hydrogen (secondary N) is 1. The number of aryl methyl sites for hydroxylation is 1. The minimum Gasteiger partial charge on any atom is -0.394 e. The highest BCUT2D eigenvalue weighted by Gasteiger charge is 2.17. The zero-order valence-electron chi connectivity index (χ0n) is 12.0. The van der Waals surface area contributed by atoms with Crippen molar-refractivity contribution in [3.8, 4) is 5.69 Å². The van der Waals surface area contributed by atoms with E-state index in [0.717, 1.165) is 11.4 Å². The number of aromatic nitrogens is 2. The number of carbonyl (C=O) groups excluding carboxylic acids is 1. The molecule has 6 heteroatoms. The smallest absolute Gasteiger partial charge is 0.272 e. The molecule has 1 unspecified atom stereocenters. The second-order valence-electron chi connectivity index (χ2n) is 4.80. The van der Waals surface area contributed by atoms with Crippen molar-refractivity contribution in [2.75, 3.05) is 6.61 Å². The topological polar surface area (TPSA) is 67.2 Å². The molecule has 0 saturated heterocycles. The first-order valence-corrected chi connectivity index (χ1v) is 7.18. The number of benzene rings is 1. The number of nitrogens with zero attached hydrogens (tertiary/aromatic N) is 2. The van der Waals surface area contributed by atoms with Crippen LogP contribution in [-0.4, -0.2) is 33.4 Å². The highest BCUT2D eigenvalue weighted by molar-refractivity contribution is 6.32. The zero-order chi connectivity index (χ0) is 15.4. The molecule has 1 aromatic heterocycles. The maximum atomic E-state index is 12.1. The van der Waals surface area contributed by atoms with Gasteiger partial charge in [-0.3, -0.25) is 4.79 Å². The normalized spacial score (nSPS) is 12.2. The Kier molecular flexibility index (Phi) is 4.98. The van der Waals surface area contributed by atoms with Gasteiger partial charge in [-0.05, 0) is 31.5 Å². The molecule has 21 heavy (non-hydrogen) atoms. The monoisotopic (exact) mass is 307 g/mol. The fourth-order valence-electron chi connectivity index (χ4n) is 1.99. The summed E-state index contributed by atoms with van der Waals surface area (Å²) in [5, 5.41) is 16.7. The van der Waals surface area contributed by atoms with E-state index in [1.54, 1.807) is 16.8 Å². The van der Waals surface area contributed by atoms with Gasteiger partial charge in [0.05, 0.1) is 23.4 Å². The number of aliphatic hydroxyl groups excluding tert-OH is 1. The van der Waals surface area contributed by atoms with E-state index in [2.05, 4.69) is 10.4 Å². The van der Waals surface area contributed by atoms with Crippen LogP contribution in [0.25, 0.3) is 5.69 Å². The minimum atomic E-state index is -0.301. The number of carbonyl (C=O) groups is 1. The van der Waals surface area contributed by atoms with Gasteiger partial charge in [0.1, 0.15) is 0 Å². The van der Waals surface area contributed by atoms with E-state index in [0.29, 0.717) is 17.1 Å². The Morgan fingerprint density at radius 3 is 2.81 bits per heavy atom. The molecular weight excluding hydrogens is 290 g/mol. The summed E-state index contributed by atoms with van der Waals surface area (Å²) in [7, 11) is 0. The number of para-hydroxylation sites is 1. The average Bonchev–Trinajstić information content (AvgIpc) is 2.87. The molecule has 0 aliphatic rings. The molecule has 0 aliphatic heterocycles. The van der Waals surface area contributed by atoms with Crippen molar-refractivity contribution in [1.82, 2.24) is 15.1 Å². The van der Waals surface area contributed by atoms with E-state index in [9.17, 15) is 4.79 Å². The minimum absolute atomic E-state index is 0.0908. The van der Waals surface area contributed by atoms with Crippen molar-refractivity contribution in [1.29, 1.82) is 0 Å². The van der Waals surface area contributed by atoms with Crippen molar-refractivity contribution in [2.45, 2.75) is 26.3 Å². The Morgan fingerprint density at radius 2 is 2.19 bits per heavy atom. The standard InChI is InChI=1S/C15H18ClN3O2/c1-3-11(9-20)17-15(21)13-8-10(2)19(18-13)14-7-5-4-6-12(14)16/h4-8,11,20H,3,9H2,1-2H3,(H,17,21). The van der Waals surface area contributed by atoms with Crippen LogP contribution in [-0.2, 0) is 0 Å². The summed E-state index contributed by atoms with van der Waals surface area (Å²) >= 11 is 6.15. The molecule has 0 saturated carbocycles. The van der Waals surface area contributed by atoms with E-state index in [4.69, 9.17) is 16.7 Å². The quantitative estimate of drug-likeness (QED) is 0.891. The van der Waals surface area contributed by atoms with Crippen LogP contribution < -0.4 is 5.32 Å². The van der Waals surface area contributed by atoms with E-state index in [1.165, 1.54) is 0 Å². The summed E-state index contributed by atoms with van der Waals surface area (Å²) < 4.78 is 1.64. The predicted octanol–water partition coefficient (Wildman–Crippen LogP) is 2.33. The van der Waals surface area contributed by atoms with Gasteiger partial charge in [-0.25, -0.2) is 4.68 Å². The molecule has 1 aromatic carbocycles. The van der Waals surface area contributed by atoms with E-state index in [1.807, 2.05) is 32.0 Å². The highest BCUT2D eigenvalue weighted by atomic mass is 35.5. The number of amides is 1. The van der Waals surface area contributed by atoms with E-state index >= 15 is 0 Å². The molecule has 0 radical (unpaired) electrons. The van der Waals surface area contributed by atoms with Crippen molar-refractivity contribution >= 4 is 17.5 Å². The van der Waals surface area contributed by atoms with E-state index < -0.39 is 0 Å². The fourth-order valence-corrected chi connectivity index (χ4v) is 2.20. The lowest BCUT2D eigenvalue weighted by Gasteiger charge is -2.12. The second kappa shape index (κ2) is 6.74. The Balaban J connectivity index is 2.27. The number of halogens is 1. The van der Waals surface area contributed by atoms with Gasteiger partial charge in [-0.15, -0.1) is 0 Å². The summed E-state index contributed by atoms with van der Waals surface area (Å²) in [6.45, 7) is 3.66. The number of hydrogen-bond donors (Lipinski definition) is 2. The first-order valence-electron chi connectivity index (χ1n) is 6.80. The van der Waals surface area contributed by atoms with Gasteiger partial charge in [0.25, 0.3) is 5.91 Å². The lowest BCUT2D eigenvalue weighted by atomic mass is 10.2. The van der Waals surface area contributed by atoms with Crippen molar-refractivity contribution < 1.29 is 9.90 Å². The summed E-state index contributed by atoms with van der Waals surface area (Å²) in [5.41, 5.74) is 1.84. The SMILES string of the molecule is CCC(CO)NC(=O)c1cc(C)n(-c2ccccc2Cl)n1. The highest BCUT2D eigenvalue weighted by Crippen LogP contribution is 2.21. The summed E-state index contributed by atoms with van der Waals surface area (Å²) in [5.74, 6) is -0.301. The molecule has 5 nitrogen and oxygen atoms in total. The van der Waals surface area contributed by atoms with Crippen molar-refractivity contribution in [3.63, 3.8) is 0 Å². The third-order valence-corrected chi connectivity index (χ3v) is 3.57. The summed E-state index contributed by atoms with van der Waals surface area (Å²) in [6, 6.07) is 8.75. The molecule has 1 amide bonds. The predicted molar refractivity (Wildman–Crippen MR) is 81.9 cm³/mol. The van der Waals surface area contributed by atoms with Gasteiger partial charge in [-0.2, -0.15) is 5.10 Å². The lowest BCUT2D eigenvalue weighted by molar-refractivity contribution is 0.0909. The zero-order valence-corrected chi connectivity index (χ0v) is 12.8. The van der Waals surface area contributed by atoms with Gasteiger partial charge in [0.2, 0.25) is 0 Å². The largest absolute Gasteiger partial charge is 0.394 e. The Morgan fingerprint density at radius 1 is 1.48 bits per heavy atom. The Bertz CT molecular complexity index is 636. The maximum absolute atomic E-state index is 12.1. The first kappa shape index (κ1) is 15.5. The Labute approximate surface area is 128 Å². The molecule has 0 bridgehead atoms. The van der Waals surface area contributed by atoms with Crippen LogP contribution in [0.15, 0.2) is 30.3 Å².